The first-order valence-corrected chi connectivity index (χ1v) is 7.07. The van der Waals surface area contributed by atoms with E-state index in [2.05, 4.69) is 5.32 Å². The van der Waals surface area contributed by atoms with Crippen molar-refractivity contribution >= 4 is 23.6 Å². The van der Waals surface area contributed by atoms with E-state index in [0.29, 0.717) is 18.0 Å². The smallest absolute Gasteiger partial charge is 0.317 e. The Balaban J connectivity index is 2.58. The van der Waals surface area contributed by atoms with Crippen molar-refractivity contribution in [2.24, 2.45) is 0 Å². The van der Waals surface area contributed by atoms with Gasteiger partial charge in [0.2, 0.25) is 0 Å². The van der Waals surface area contributed by atoms with E-state index in [0.717, 1.165) is 5.56 Å². The first kappa shape index (κ1) is 17.3. The van der Waals surface area contributed by atoms with Crippen LogP contribution in [0.1, 0.15) is 32.3 Å². The van der Waals surface area contributed by atoms with E-state index in [4.69, 9.17) is 16.7 Å². The lowest BCUT2D eigenvalue weighted by molar-refractivity contribution is -0.137. The second kappa shape index (κ2) is 7.31. The Hall–Kier alpha value is -1.75. The Kier molecular flexibility index (Phi) is 6.03. The molecule has 0 fully saturated rings. The molecule has 0 saturated carbocycles. The quantitative estimate of drug-likeness (QED) is 0.848. The van der Waals surface area contributed by atoms with Crippen LogP contribution in [0.4, 0.5) is 4.79 Å². The minimum Gasteiger partial charge on any atom is -0.481 e. The minimum atomic E-state index is -0.873. The van der Waals surface area contributed by atoms with Gasteiger partial charge in [-0.15, -0.1) is 0 Å². The number of nitrogens with zero attached hydrogens (tertiary/aromatic N) is 1. The SMILES string of the molecule is CN(Cc1ccccc1Cl)C(=O)NC(C)(C)CCC(=O)O. The predicted octanol–water partition coefficient (Wildman–Crippen LogP) is 3.12. The second-order valence-corrected chi connectivity index (χ2v) is 6.06. The van der Waals surface area contributed by atoms with Crippen LogP contribution in [0.25, 0.3) is 0 Å². The molecular weight excluding hydrogens is 292 g/mol. The predicted molar refractivity (Wildman–Crippen MR) is 82.4 cm³/mol. The van der Waals surface area contributed by atoms with Crippen LogP contribution in [0.5, 0.6) is 0 Å². The maximum Gasteiger partial charge on any atom is 0.317 e. The zero-order valence-electron chi connectivity index (χ0n) is 12.5. The topological polar surface area (TPSA) is 69.6 Å². The van der Waals surface area contributed by atoms with Crippen LogP contribution >= 0.6 is 11.6 Å². The van der Waals surface area contributed by atoms with Crippen LogP contribution in [0.3, 0.4) is 0 Å². The van der Waals surface area contributed by atoms with Gasteiger partial charge in [-0.05, 0) is 31.9 Å². The second-order valence-electron chi connectivity index (χ2n) is 5.66. The average molecular weight is 313 g/mol. The van der Waals surface area contributed by atoms with Crippen molar-refractivity contribution in [3.05, 3.63) is 34.9 Å². The molecule has 0 atom stereocenters. The summed E-state index contributed by atoms with van der Waals surface area (Å²) in [6.45, 7) is 3.99. The molecule has 0 radical (unpaired) electrons. The highest BCUT2D eigenvalue weighted by Gasteiger charge is 2.23. The van der Waals surface area contributed by atoms with Crippen molar-refractivity contribution in [2.45, 2.75) is 38.8 Å². The molecule has 0 aromatic heterocycles. The molecule has 0 unspecified atom stereocenters. The number of carbonyl (C=O) groups excluding carboxylic acids is 1. The van der Waals surface area contributed by atoms with Gasteiger partial charge in [-0.2, -0.15) is 0 Å². The lowest BCUT2D eigenvalue weighted by Crippen LogP contribution is -2.48. The van der Waals surface area contributed by atoms with Crippen LogP contribution in [-0.4, -0.2) is 34.6 Å². The van der Waals surface area contributed by atoms with Gasteiger partial charge in [0.05, 0.1) is 0 Å². The number of nitrogens with one attached hydrogen (secondary N) is 1. The molecule has 2 N–H and O–H groups in total. The third kappa shape index (κ3) is 6.04. The van der Waals surface area contributed by atoms with E-state index in [-0.39, 0.29) is 12.5 Å². The Morgan fingerprint density at radius 1 is 1.33 bits per heavy atom. The largest absolute Gasteiger partial charge is 0.481 e. The van der Waals surface area contributed by atoms with Crippen molar-refractivity contribution in [1.29, 1.82) is 0 Å². The van der Waals surface area contributed by atoms with Crippen molar-refractivity contribution < 1.29 is 14.7 Å². The van der Waals surface area contributed by atoms with Gasteiger partial charge in [-0.1, -0.05) is 29.8 Å². The zero-order chi connectivity index (χ0) is 16.0. The van der Waals surface area contributed by atoms with Crippen LogP contribution in [0.2, 0.25) is 5.02 Å². The first-order chi connectivity index (χ1) is 9.71. The third-order valence-corrected chi connectivity index (χ3v) is 3.49. The molecule has 21 heavy (non-hydrogen) atoms. The summed E-state index contributed by atoms with van der Waals surface area (Å²) >= 11 is 6.07. The summed E-state index contributed by atoms with van der Waals surface area (Å²) in [4.78, 5) is 24.3. The van der Waals surface area contributed by atoms with Gasteiger partial charge < -0.3 is 15.3 Å². The van der Waals surface area contributed by atoms with Gasteiger partial charge in [0, 0.05) is 30.6 Å². The Labute approximate surface area is 129 Å². The number of hydrogen-bond acceptors (Lipinski definition) is 2. The van der Waals surface area contributed by atoms with E-state index in [1.54, 1.807) is 27.0 Å². The number of carboxylic acid groups (broad SMARTS) is 1. The number of hydrogen-bond donors (Lipinski definition) is 2. The number of benzene rings is 1. The van der Waals surface area contributed by atoms with Crippen molar-refractivity contribution in [1.82, 2.24) is 10.2 Å². The van der Waals surface area contributed by atoms with Crippen LogP contribution in [-0.2, 0) is 11.3 Å². The summed E-state index contributed by atoms with van der Waals surface area (Å²) in [7, 11) is 1.67. The highest BCUT2D eigenvalue weighted by molar-refractivity contribution is 6.31. The molecule has 0 aliphatic carbocycles. The maximum atomic E-state index is 12.1. The normalized spacial score (nSPS) is 11.0. The first-order valence-electron chi connectivity index (χ1n) is 6.70. The summed E-state index contributed by atoms with van der Waals surface area (Å²) in [5.74, 6) is -0.873. The average Bonchev–Trinajstić information content (AvgIpc) is 2.38. The van der Waals surface area contributed by atoms with E-state index in [1.807, 2.05) is 18.2 Å². The number of aliphatic carboxylic acids is 1. The molecule has 0 aliphatic rings. The third-order valence-electron chi connectivity index (χ3n) is 3.12. The summed E-state index contributed by atoms with van der Waals surface area (Å²) < 4.78 is 0. The molecule has 116 valence electrons. The lowest BCUT2D eigenvalue weighted by Gasteiger charge is -2.29. The molecule has 5 nitrogen and oxygen atoms in total. The zero-order valence-corrected chi connectivity index (χ0v) is 13.3. The Bertz CT molecular complexity index is 517. The van der Waals surface area contributed by atoms with Crippen LogP contribution in [0.15, 0.2) is 24.3 Å². The fourth-order valence-corrected chi connectivity index (χ4v) is 2.02. The number of carboxylic acids is 1. The van der Waals surface area contributed by atoms with Gasteiger partial charge in [0.1, 0.15) is 0 Å². The van der Waals surface area contributed by atoms with E-state index >= 15 is 0 Å². The lowest BCUT2D eigenvalue weighted by atomic mass is 9.99. The highest BCUT2D eigenvalue weighted by Crippen LogP contribution is 2.17. The minimum absolute atomic E-state index is 0.0154. The van der Waals surface area contributed by atoms with Gasteiger partial charge in [0.15, 0.2) is 0 Å². The van der Waals surface area contributed by atoms with Gasteiger partial charge in [0.25, 0.3) is 0 Å². The van der Waals surface area contributed by atoms with Crippen LogP contribution < -0.4 is 5.32 Å². The molecule has 1 aromatic rings. The number of rotatable bonds is 6. The van der Waals surface area contributed by atoms with E-state index in [1.165, 1.54) is 4.90 Å². The molecular formula is C15H21ClN2O3. The van der Waals surface area contributed by atoms with Crippen LogP contribution in [0, 0.1) is 0 Å². The molecule has 0 spiro atoms. The number of halogens is 1. The molecule has 6 heteroatoms. The number of carbonyl (C=O) groups is 2. The maximum absolute atomic E-state index is 12.1. The molecule has 0 aliphatic heterocycles. The van der Waals surface area contributed by atoms with E-state index in [9.17, 15) is 9.59 Å². The summed E-state index contributed by atoms with van der Waals surface area (Å²) in [5, 5.41) is 12.2. The standard InChI is InChI=1S/C15H21ClN2O3/c1-15(2,9-8-13(19)20)17-14(21)18(3)10-11-6-4-5-7-12(11)16/h4-7H,8-10H2,1-3H3,(H,17,21)(H,19,20). The fourth-order valence-electron chi connectivity index (χ4n) is 1.82. The van der Waals surface area contributed by atoms with Gasteiger partial charge in [-0.25, -0.2) is 4.79 Å². The molecule has 0 bridgehead atoms. The summed E-state index contributed by atoms with van der Waals surface area (Å²) in [6, 6.07) is 7.08. The van der Waals surface area contributed by atoms with Crippen molar-refractivity contribution in [3.63, 3.8) is 0 Å². The molecule has 0 saturated heterocycles. The van der Waals surface area contributed by atoms with Gasteiger partial charge in [-0.3, -0.25) is 4.79 Å². The molecule has 2 amide bonds. The molecule has 1 aromatic carbocycles. The molecule has 0 heterocycles. The fraction of sp³-hybridized carbons (Fsp3) is 0.467. The highest BCUT2D eigenvalue weighted by atomic mass is 35.5. The summed E-state index contributed by atoms with van der Waals surface area (Å²) in [6.07, 6.45) is 0.384. The van der Waals surface area contributed by atoms with Gasteiger partial charge >= 0.3 is 12.0 Å². The number of urea groups is 1. The van der Waals surface area contributed by atoms with E-state index < -0.39 is 11.5 Å². The Morgan fingerprint density at radius 3 is 2.52 bits per heavy atom. The monoisotopic (exact) mass is 312 g/mol. The molecule has 1 rings (SSSR count). The number of amides is 2. The van der Waals surface area contributed by atoms with Crippen molar-refractivity contribution in [3.8, 4) is 0 Å². The summed E-state index contributed by atoms with van der Waals surface area (Å²) in [5.41, 5.74) is 0.282. The van der Waals surface area contributed by atoms with Crippen molar-refractivity contribution in [2.75, 3.05) is 7.05 Å². The Morgan fingerprint density at radius 2 is 1.95 bits per heavy atom.